The van der Waals surface area contributed by atoms with Crippen LogP contribution < -0.4 is 4.74 Å². The standard InChI is InChI=1S/C29H23NO2/c1-30-26-15-9-8-14-25(26)28(29(30)23-12-6-3-7-13-23)27(31)20-32-24-18-16-22(17-19-24)21-10-4-2-5-11-21/h2-19H,20H2,1H3. The number of ketones is 1. The van der Waals surface area contributed by atoms with Crippen molar-refractivity contribution < 1.29 is 9.53 Å². The van der Waals surface area contributed by atoms with Crippen LogP contribution in [0.4, 0.5) is 0 Å². The maximum Gasteiger partial charge on any atom is 0.202 e. The zero-order chi connectivity index (χ0) is 21.9. The van der Waals surface area contributed by atoms with Gasteiger partial charge in [0.15, 0.2) is 6.61 Å². The molecule has 0 amide bonds. The number of aryl methyl sites for hydroxylation is 1. The monoisotopic (exact) mass is 417 g/mol. The van der Waals surface area contributed by atoms with Gasteiger partial charge in [-0.1, -0.05) is 91.0 Å². The number of rotatable bonds is 6. The lowest BCUT2D eigenvalue weighted by Gasteiger charge is -2.10. The molecule has 0 aliphatic rings. The SMILES string of the molecule is Cn1c(-c2ccccc2)c(C(=O)COc2ccc(-c3ccccc3)cc2)c2ccccc21. The molecule has 0 spiro atoms. The molecule has 5 rings (SSSR count). The summed E-state index contributed by atoms with van der Waals surface area (Å²) in [6.07, 6.45) is 0. The number of aromatic nitrogens is 1. The molecule has 1 heterocycles. The number of para-hydroxylation sites is 1. The third-order valence-corrected chi connectivity index (χ3v) is 5.76. The number of nitrogens with zero attached hydrogens (tertiary/aromatic N) is 1. The van der Waals surface area contributed by atoms with Crippen LogP contribution in [0.5, 0.6) is 5.75 Å². The molecule has 0 unspecified atom stereocenters. The van der Waals surface area contributed by atoms with Gasteiger partial charge in [-0.25, -0.2) is 0 Å². The van der Waals surface area contributed by atoms with Gasteiger partial charge in [-0.3, -0.25) is 4.79 Å². The van der Waals surface area contributed by atoms with E-state index in [1.165, 1.54) is 0 Å². The second-order valence-corrected chi connectivity index (χ2v) is 7.77. The zero-order valence-electron chi connectivity index (χ0n) is 17.9. The van der Waals surface area contributed by atoms with Crippen molar-refractivity contribution in [2.75, 3.05) is 6.61 Å². The van der Waals surface area contributed by atoms with Crippen molar-refractivity contribution in [1.29, 1.82) is 0 Å². The van der Waals surface area contributed by atoms with E-state index < -0.39 is 0 Å². The van der Waals surface area contributed by atoms with E-state index >= 15 is 0 Å². The third-order valence-electron chi connectivity index (χ3n) is 5.76. The molecule has 0 atom stereocenters. The summed E-state index contributed by atoms with van der Waals surface area (Å²) >= 11 is 0. The molecule has 4 aromatic carbocycles. The zero-order valence-corrected chi connectivity index (χ0v) is 17.9. The molecule has 0 bridgehead atoms. The molecular weight excluding hydrogens is 394 g/mol. The average Bonchev–Trinajstić information content (AvgIpc) is 3.16. The minimum absolute atomic E-state index is 0.0154. The highest BCUT2D eigenvalue weighted by Gasteiger charge is 2.22. The van der Waals surface area contributed by atoms with Gasteiger partial charge in [0.1, 0.15) is 5.75 Å². The molecule has 156 valence electrons. The summed E-state index contributed by atoms with van der Waals surface area (Å²) < 4.78 is 7.99. The molecule has 0 fully saturated rings. The quantitative estimate of drug-likeness (QED) is 0.285. The van der Waals surface area contributed by atoms with Crippen LogP contribution in [0, 0.1) is 0 Å². The highest BCUT2D eigenvalue weighted by atomic mass is 16.5. The minimum Gasteiger partial charge on any atom is -0.485 e. The van der Waals surface area contributed by atoms with Crippen molar-refractivity contribution in [3.63, 3.8) is 0 Å². The Morgan fingerprint density at radius 1 is 0.688 bits per heavy atom. The van der Waals surface area contributed by atoms with Crippen molar-refractivity contribution >= 4 is 16.7 Å². The Morgan fingerprint density at radius 2 is 1.25 bits per heavy atom. The van der Waals surface area contributed by atoms with Crippen molar-refractivity contribution in [2.24, 2.45) is 7.05 Å². The number of benzene rings is 4. The molecule has 32 heavy (non-hydrogen) atoms. The molecule has 3 nitrogen and oxygen atoms in total. The smallest absolute Gasteiger partial charge is 0.202 e. The van der Waals surface area contributed by atoms with Gasteiger partial charge in [-0.15, -0.1) is 0 Å². The lowest BCUT2D eigenvalue weighted by atomic mass is 10.0. The summed E-state index contributed by atoms with van der Waals surface area (Å²) in [5, 5.41) is 0.946. The Hall–Kier alpha value is -4.11. The molecule has 0 N–H and O–H groups in total. The van der Waals surface area contributed by atoms with Gasteiger partial charge in [0, 0.05) is 18.0 Å². The summed E-state index contributed by atoms with van der Waals surface area (Å²) in [5.41, 5.74) is 5.93. The molecular formula is C29H23NO2. The minimum atomic E-state index is -0.0345. The largest absolute Gasteiger partial charge is 0.485 e. The van der Waals surface area contributed by atoms with Gasteiger partial charge in [0.2, 0.25) is 5.78 Å². The van der Waals surface area contributed by atoms with E-state index in [0.717, 1.165) is 33.3 Å². The number of hydrogen-bond donors (Lipinski definition) is 0. The number of hydrogen-bond acceptors (Lipinski definition) is 2. The summed E-state index contributed by atoms with van der Waals surface area (Å²) in [5.74, 6) is 0.646. The van der Waals surface area contributed by atoms with Crippen LogP contribution in [0.2, 0.25) is 0 Å². The first-order valence-corrected chi connectivity index (χ1v) is 10.7. The fourth-order valence-corrected chi connectivity index (χ4v) is 4.20. The van der Waals surface area contributed by atoms with Crippen LogP contribution in [0.15, 0.2) is 109 Å². The maximum atomic E-state index is 13.4. The summed E-state index contributed by atoms with van der Waals surface area (Å²) in [6, 6.07) is 36.1. The lowest BCUT2D eigenvalue weighted by Crippen LogP contribution is -2.12. The first kappa shape index (κ1) is 19.8. The van der Waals surface area contributed by atoms with Crippen LogP contribution in [0.25, 0.3) is 33.3 Å². The van der Waals surface area contributed by atoms with Crippen LogP contribution in [-0.4, -0.2) is 17.0 Å². The van der Waals surface area contributed by atoms with Crippen LogP contribution >= 0.6 is 0 Å². The fraction of sp³-hybridized carbons (Fsp3) is 0.0690. The van der Waals surface area contributed by atoms with Crippen molar-refractivity contribution in [1.82, 2.24) is 4.57 Å². The molecule has 0 saturated heterocycles. The molecule has 0 radical (unpaired) electrons. The average molecular weight is 418 g/mol. The number of carbonyl (C=O) groups excluding carboxylic acids is 1. The summed E-state index contributed by atoms with van der Waals surface area (Å²) in [4.78, 5) is 13.4. The lowest BCUT2D eigenvalue weighted by molar-refractivity contribution is 0.0923. The van der Waals surface area contributed by atoms with Gasteiger partial charge in [-0.05, 0) is 34.9 Å². The second kappa shape index (κ2) is 8.56. The maximum absolute atomic E-state index is 13.4. The Labute approximate surface area is 187 Å². The predicted octanol–water partition coefficient (Wildman–Crippen LogP) is 6.77. The van der Waals surface area contributed by atoms with Crippen LogP contribution in [0.1, 0.15) is 10.4 Å². The highest BCUT2D eigenvalue weighted by molar-refractivity contribution is 6.14. The summed E-state index contributed by atoms with van der Waals surface area (Å²) in [6.45, 7) is -0.0154. The Kier molecular flexibility index (Phi) is 5.30. The van der Waals surface area contributed by atoms with Crippen molar-refractivity contribution in [3.05, 3.63) is 115 Å². The molecule has 0 aliphatic carbocycles. The molecule has 3 heteroatoms. The number of fused-ring (bicyclic) bond motifs is 1. The number of ether oxygens (including phenoxy) is 1. The first-order chi connectivity index (χ1) is 15.7. The van der Waals surface area contributed by atoms with Crippen LogP contribution in [-0.2, 0) is 7.05 Å². The Balaban J connectivity index is 1.43. The molecule has 0 saturated carbocycles. The fourth-order valence-electron chi connectivity index (χ4n) is 4.20. The first-order valence-electron chi connectivity index (χ1n) is 10.7. The highest BCUT2D eigenvalue weighted by Crippen LogP contribution is 2.33. The van der Waals surface area contributed by atoms with E-state index in [1.54, 1.807) is 0 Å². The predicted molar refractivity (Wildman–Crippen MR) is 130 cm³/mol. The summed E-state index contributed by atoms with van der Waals surface area (Å²) in [7, 11) is 2.00. The number of Topliss-reactive ketones (excluding diaryl/α,β-unsaturated/α-hetero) is 1. The molecule has 5 aromatic rings. The number of carbonyl (C=O) groups is 1. The Morgan fingerprint density at radius 3 is 1.94 bits per heavy atom. The van der Waals surface area contributed by atoms with Crippen molar-refractivity contribution in [2.45, 2.75) is 0 Å². The topological polar surface area (TPSA) is 31.2 Å². The van der Waals surface area contributed by atoms with E-state index in [4.69, 9.17) is 4.74 Å². The van der Waals surface area contributed by atoms with Gasteiger partial charge in [0.25, 0.3) is 0 Å². The van der Waals surface area contributed by atoms with E-state index in [-0.39, 0.29) is 12.4 Å². The second-order valence-electron chi connectivity index (χ2n) is 7.77. The third kappa shape index (κ3) is 3.69. The van der Waals surface area contributed by atoms with Gasteiger partial charge in [0.05, 0.1) is 11.3 Å². The Bertz CT molecular complexity index is 1370. The van der Waals surface area contributed by atoms with E-state index in [9.17, 15) is 4.79 Å². The van der Waals surface area contributed by atoms with E-state index in [2.05, 4.69) is 16.7 Å². The van der Waals surface area contributed by atoms with E-state index in [0.29, 0.717) is 11.3 Å². The van der Waals surface area contributed by atoms with Gasteiger partial charge >= 0.3 is 0 Å². The normalized spacial score (nSPS) is 10.9. The van der Waals surface area contributed by atoms with Crippen molar-refractivity contribution in [3.8, 4) is 28.1 Å². The van der Waals surface area contributed by atoms with Crippen LogP contribution in [0.3, 0.4) is 0 Å². The molecule has 0 aliphatic heterocycles. The van der Waals surface area contributed by atoms with Gasteiger partial charge in [-0.2, -0.15) is 0 Å². The van der Waals surface area contributed by atoms with E-state index in [1.807, 2.05) is 104 Å². The molecule has 1 aromatic heterocycles. The van der Waals surface area contributed by atoms with Gasteiger partial charge < -0.3 is 9.30 Å².